The topological polar surface area (TPSA) is 91.2 Å². The molecule has 1 aromatic heterocycles. The van der Waals surface area contributed by atoms with Crippen molar-refractivity contribution in [2.24, 2.45) is 7.05 Å². The van der Waals surface area contributed by atoms with Crippen LogP contribution in [0.5, 0.6) is 0 Å². The number of rotatable bonds is 6. The molecule has 0 bridgehead atoms. The average molecular weight is 631 g/mol. The predicted octanol–water partition coefficient (Wildman–Crippen LogP) is 3.81. The first-order valence-electron chi connectivity index (χ1n) is 6.75. The Balaban J connectivity index is 0.000000561. The minimum atomic E-state index is -6.72. The third-order valence-electron chi connectivity index (χ3n) is 2.70. The van der Waals surface area contributed by atoms with Gasteiger partial charge in [-0.3, -0.25) is 0 Å². The zero-order valence-electron chi connectivity index (χ0n) is 14.1. The molecular formula is C10H10Br2F9N3O4S2. The summed E-state index contributed by atoms with van der Waals surface area (Å²) in [6, 6.07) is 0. The van der Waals surface area contributed by atoms with Crippen LogP contribution in [-0.2, 0) is 33.6 Å². The maximum absolute atomic E-state index is 13.4. The van der Waals surface area contributed by atoms with Crippen LogP contribution in [0.3, 0.4) is 0 Å². The van der Waals surface area contributed by atoms with Crippen molar-refractivity contribution in [3.05, 3.63) is 22.8 Å². The molecule has 0 amide bonds. The summed E-state index contributed by atoms with van der Waals surface area (Å²) in [4.78, 5) is -3.57. The number of imidazole rings is 1. The fourth-order valence-electron chi connectivity index (χ4n) is 1.26. The van der Waals surface area contributed by atoms with E-state index in [0.717, 1.165) is 4.13 Å². The zero-order valence-corrected chi connectivity index (χ0v) is 18.9. The van der Waals surface area contributed by atoms with E-state index in [0.29, 0.717) is 0 Å². The van der Waals surface area contributed by atoms with Crippen LogP contribution in [0.15, 0.2) is 18.7 Å². The summed E-state index contributed by atoms with van der Waals surface area (Å²) in [6.07, 6.45) is 4.80. The van der Waals surface area contributed by atoms with Gasteiger partial charge in [0.05, 0.1) is 13.6 Å². The second-order valence-electron chi connectivity index (χ2n) is 5.19. The van der Waals surface area contributed by atoms with Crippen LogP contribution >= 0.6 is 31.9 Å². The molecule has 1 heterocycles. The second-order valence-corrected chi connectivity index (χ2v) is 10.9. The number of alkyl halides is 11. The molecule has 30 heavy (non-hydrogen) atoms. The third-order valence-corrected chi connectivity index (χ3v) is 7.50. The average Bonchev–Trinajstić information content (AvgIpc) is 2.87. The second kappa shape index (κ2) is 9.49. The van der Waals surface area contributed by atoms with Crippen molar-refractivity contribution >= 4 is 51.9 Å². The van der Waals surface area contributed by atoms with E-state index >= 15 is 0 Å². The van der Waals surface area contributed by atoms with E-state index in [2.05, 4.69) is 15.9 Å². The Hall–Kier alpha value is -0.600. The van der Waals surface area contributed by atoms with Gasteiger partial charge in [-0.2, -0.15) is 35.1 Å². The van der Waals surface area contributed by atoms with Gasteiger partial charge < -0.3 is 4.13 Å². The van der Waals surface area contributed by atoms with E-state index in [4.69, 9.17) is 0 Å². The van der Waals surface area contributed by atoms with Crippen LogP contribution in [0.2, 0.25) is 0 Å². The highest BCUT2D eigenvalue weighted by Gasteiger charge is 2.51. The lowest BCUT2D eigenvalue weighted by Gasteiger charge is -2.22. The predicted molar refractivity (Wildman–Crippen MR) is 90.2 cm³/mol. The molecule has 0 fully saturated rings. The van der Waals surface area contributed by atoms with Crippen LogP contribution in [0.1, 0.15) is 6.42 Å². The van der Waals surface area contributed by atoms with Gasteiger partial charge in [-0.05, 0) is 31.9 Å². The number of nitrogens with zero attached hydrogens (tertiary/aromatic N) is 3. The van der Waals surface area contributed by atoms with Crippen LogP contribution in [0.4, 0.5) is 39.5 Å². The fourth-order valence-corrected chi connectivity index (χ4v) is 3.34. The minimum Gasteiger partial charge on any atom is -0.421 e. The molecule has 0 N–H and O–H groups in total. The molecule has 0 aliphatic carbocycles. The normalized spacial score (nSPS) is 15.9. The van der Waals surface area contributed by atoms with Crippen molar-refractivity contribution in [1.29, 1.82) is 0 Å². The summed E-state index contributed by atoms with van der Waals surface area (Å²) in [5.74, 6) is 0. The Kier molecular flexibility index (Phi) is 9.30. The van der Waals surface area contributed by atoms with Crippen molar-refractivity contribution in [2.45, 2.75) is 33.4 Å². The van der Waals surface area contributed by atoms with E-state index in [1.54, 1.807) is 34.9 Å². The van der Waals surface area contributed by atoms with Gasteiger partial charge in [0.25, 0.3) is 0 Å². The molecule has 0 saturated carbocycles. The van der Waals surface area contributed by atoms with Crippen molar-refractivity contribution in [1.82, 2.24) is 4.57 Å². The first kappa shape index (κ1) is 29.4. The Labute approximate surface area is 180 Å². The van der Waals surface area contributed by atoms with Gasteiger partial charge in [0.1, 0.15) is 12.4 Å². The van der Waals surface area contributed by atoms with Crippen LogP contribution < -0.4 is 4.57 Å². The lowest BCUT2D eigenvalue weighted by molar-refractivity contribution is -0.671. The van der Waals surface area contributed by atoms with E-state index in [-0.39, 0.29) is 13.0 Å². The van der Waals surface area contributed by atoms with Crippen LogP contribution in [0, 0.1) is 0 Å². The van der Waals surface area contributed by atoms with E-state index in [9.17, 15) is 56.3 Å². The Bertz CT molecular complexity index is 880. The Morgan fingerprint density at radius 1 is 0.900 bits per heavy atom. The molecular weight excluding hydrogens is 621 g/mol. The lowest BCUT2D eigenvalue weighted by Crippen LogP contribution is -2.34. The molecule has 0 aromatic carbocycles. The lowest BCUT2D eigenvalue weighted by atomic mass is 10.3. The van der Waals surface area contributed by atoms with Crippen molar-refractivity contribution < 1.29 is 60.9 Å². The summed E-state index contributed by atoms with van der Waals surface area (Å²) < 4.78 is 149. The van der Waals surface area contributed by atoms with Gasteiger partial charge >= 0.3 is 15.8 Å². The third kappa shape index (κ3) is 8.50. The molecule has 0 radical (unpaired) electrons. The maximum atomic E-state index is 13.4. The molecule has 7 nitrogen and oxygen atoms in total. The number of hydrogen-bond acceptors (Lipinski definition) is 4. The number of aryl methyl sites for hydroxylation is 2. The molecule has 1 aromatic rings. The molecule has 1 rings (SSSR count). The van der Waals surface area contributed by atoms with Crippen molar-refractivity contribution in [3.8, 4) is 0 Å². The highest BCUT2D eigenvalue weighted by molar-refractivity contribution is 9.12. The highest BCUT2D eigenvalue weighted by Crippen LogP contribution is 2.45. The molecule has 178 valence electrons. The summed E-state index contributed by atoms with van der Waals surface area (Å²) in [5.41, 5.74) is -12.4. The number of aromatic nitrogens is 2. The van der Waals surface area contributed by atoms with Crippen LogP contribution in [0.25, 0.3) is 4.13 Å². The largest absolute Gasteiger partial charge is 0.480 e. The molecule has 0 spiro atoms. The molecule has 1 unspecified atom stereocenters. The standard InChI is InChI=1S/C8H10Br2F3N2.C2F6NO4S2/c1-14-4-5-15(6-14)3-2-7(9,11)8(10,12)13;3-1(4,5)14(10,11)9-15(12,13)2(6,7)8/h4-6H,2-3H2,1H3;/q+1;-1. The van der Waals surface area contributed by atoms with Gasteiger partial charge in [0.2, 0.25) is 10.9 Å². The van der Waals surface area contributed by atoms with Crippen molar-refractivity contribution in [3.63, 3.8) is 0 Å². The fraction of sp³-hybridized carbons (Fsp3) is 0.700. The number of hydrogen-bond donors (Lipinski definition) is 0. The molecule has 0 aliphatic rings. The van der Waals surface area contributed by atoms with Crippen molar-refractivity contribution in [2.75, 3.05) is 0 Å². The monoisotopic (exact) mass is 629 g/mol. The zero-order chi connectivity index (χ0) is 24.4. The minimum absolute atomic E-state index is 0.170. The summed E-state index contributed by atoms with van der Waals surface area (Å²) in [5, 5.41) is 0. The summed E-state index contributed by atoms with van der Waals surface area (Å²) in [7, 11) is -11.6. The molecule has 0 saturated heterocycles. The Morgan fingerprint density at radius 3 is 1.57 bits per heavy atom. The first-order valence-corrected chi connectivity index (χ1v) is 11.2. The van der Waals surface area contributed by atoms with E-state index in [1.807, 2.05) is 15.9 Å². The molecule has 0 aliphatic heterocycles. The SMILES string of the molecule is C[n+]1ccn(CCC(F)(Br)C(F)(F)Br)c1.O=S(=O)([N-]S(=O)(=O)C(F)(F)F)C(F)(F)F. The smallest absolute Gasteiger partial charge is 0.421 e. The first-order chi connectivity index (χ1) is 12.9. The highest BCUT2D eigenvalue weighted by atomic mass is 79.9. The van der Waals surface area contributed by atoms with E-state index < -0.39 is 40.5 Å². The van der Waals surface area contributed by atoms with Gasteiger partial charge in [-0.15, -0.1) is 0 Å². The number of sulfonamides is 2. The summed E-state index contributed by atoms with van der Waals surface area (Å²) in [6.45, 7) is 0.170. The summed E-state index contributed by atoms with van der Waals surface area (Å²) >= 11 is 4.39. The van der Waals surface area contributed by atoms with Gasteiger partial charge in [-0.25, -0.2) is 30.4 Å². The molecule has 1 atom stereocenters. The Morgan fingerprint density at radius 2 is 1.30 bits per heavy atom. The van der Waals surface area contributed by atoms with Gasteiger partial charge in [0, 0.05) is 6.42 Å². The quantitative estimate of drug-likeness (QED) is 0.272. The van der Waals surface area contributed by atoms with Gasteiger partial charge in [-0.1, -0.05) is 0 Å². The van der Waals surface area contributed by atoms with E-state index in [1.165, 1.54) is 0 Å². The molecule has 20 heteroatoms. The van der Waals surface area contributed by atoms with Crippen LogP contribution in [-0.4, -0.2) is 41.8 Å². The maximum Gasteiger partial charge on any atom is 0.480 e. The van der Waals surface area contributed by atoms with Gasteiger partial charge in [0.15, 0.2) is 20.0 Å². The number of halogens is 11.